The molecule has 0 spiro atoms. The summed E-state index contributed by atoms with van der Waals surface area (Å²) in [6.45, 7) is 1.98. The van der Waals surface area contributed by atoms with Crippen LogP contribution in [-0.4, -0.2) is 47.2 Å². The number of carboxylic acids is 1. The van der Waals surface area contributed by atoms with Crippen LogP contribution >= 0.6 is 23.2 Å². The first kappa shape index (κ1) is 15.1. The number of hydrogen-bond acceptors (Lipinski definition) is 3. The zero-order valence-corrected chi connectivity index (χ0v) is 12.2. The predicted molar refractivity (Wildman–Crippen MR) is 74.3 cm³/mol. The Kier molecular flexibility index (Phi) is 4.52. The Labute approximate surface area is 126 Å². The van der Waals surface area contributed by atoms with Crippen molar-refractivity contribution >= 4 is 35.1 Å². The number of carboxylic acid groups (broad SMARTS) is 1. The summed E-state index contributed by atoms with van der Waals surface area (Å²) in [6.07, 6.45) is -1.40. The van der Waals surface area contributed by atoms with E-state index in [2.05, 4.69) is 0 Å². The molecule has 5 nitrogen and oxygen atoms in total. The van der Waals surface area contributed by atoms with Gasteiger partial charge in [-0.2, -0.15) is 0 Å². The number of nitrogens with zero attached hydrogens (tertiary/aromatic N) is 1. The van der Waals surface area contributed by atoms with Gasteiger partial charge in [0, 0.05) is 6.54 Å². The van der Waals surface area contributed by atoms with Gasteiger partial charge >= 0.3 is 5.97 Å². The lowest BCUT2D eigenvalue weighted by Gasteiger charge is -2.35. The Bertz CT molecular complexity index is 529. The smallest absolute Gasteiger partial charge is 0.334 e. The van der Waals surface area contributed by atoms with Gasteiger partial charge in [0.2, 0.25) is 0 Å². The highest BCUT2D eigenvalue weighted by atomic mass is 35.5. The minimum absolute atomic E-state index is 0.0277. The molecule has 0 aliphatic carbocycles. The summed E-state index contributed by atoms with van der Waals surface area (Å²) in [6, 6.07) is 4.78. The van der Waals surface area contributed by atoms with Gasteiger partial charge in [-0.3, -0.25) is 4.79 Å². The number of benzene rings is 1. The third-order valence-corrected chi connectivity index (χ3v) is 3.63. The minimum Gasteiger partial charge on any atom is -0.479 e. The van der Waals surface area contributed by atoms with Crippen molar-refractivity contribution in [3.8, 4) is 0 Å². The van der Waals surface area contributed by atoms with Gasteiger partial charge in [0.25, 0.3) is 5.91 Å². The molecule has 0 bridgehead atoms. The van der Waals surface area contributed by atoms with Crippen molar-refractivity contribution in [2.45, 2.75) is 19.1 Å². The van der Waals surface area contributed by atoms with Crippen molar-refractivity contribution in [3.05, 3.63) is 33.8 Å². The van der Waals surface area contributed by atoms with Crippen LogP contribution in [0.5, 0.6) is 0 Å². The van der Waals surface area contributed by atoms with Gasteiger partial charge in [0.15, 0.2) is 6.10 Å². The first-order valence-electron chi connectivity index (χ1n) is 6.01. The average Bonchev–Trinajstić information content (AvgIpc) is 2.37. The number of ether oxygens (including phenoxy) is 1. The lowest BCUT2D eigenvalue weighted by atomic mass is 10.1. The second-order valence-electron chi connectivity index (χ2n) is 4.58. The van der Waals surface area contributed by atoms with E-state index in [1.807, 2.05) is 0 Å². The second kappa shape index (κ2) is 5.99. The SMILES string of the molecule is C[C@@H]1CN(C(=O)c2c(Cl)cccc2Cl)CC(C(=O)O)O1. The van der Waals surface area contributed by atoms with Gasteiger partial charge < -0.3 is 14.7 Å². The van der Waals surface area contributed by atoms with Gasteiger partial charge in [-0.25, -0.2) is 4.79 Å². The Balaban J connectivity index is 2.26. The summed E-state index contributed by atoms with van der Waals surface area (Å²) in [5.74, 6) is -1.48. The van der Waals surface area contributed by atoms with Crippen LogP contribution in [0.15, 0.2) is 18.2 Å². The molecule has 0 saturated carbocycles. The van der Waals surface area contributed by atoms with E-state index in [4.69, 9.17) is 33.0 Å². The molecule has 1 heterocycles. The van der Waals surface area contributed by atoms with Crippen LogP contribution in [-0.2, 0) is 9.53 Å². The molecule has 1 amide bonds. The zero-order valence-electron chi connectivity index (χ0n) is 10.7. The molecule has 108 valence electrons. The fourth-order valence-electron chi connectivity index (χ4n) is 2.11. The van der Waals surface area contributed by atoms with Crippen molar-refractivity contribution in [2.75, 3.05) is 13.1 Å². The molecule has 1 saturated heterocycles. The third kappa shape index (κ3) is 3.06. The maximum absolute atomic E-state index is 12.5. The Morgan fingerprint density at radius 1 is 1.30 bits per heavy atom. The van der Waals surface area contributed by atoms with Gasteiger partial charge in [0.05, 0.1) is 28.3 Å². The van der Waals surface area contributed by atoms with Crippen LogP contribution < -0.4 is 0 Å². The average molecular weight is 318 g/mol. The zero-order chi connectivity index (χ0) is 14.9. The van der Waals surface area contributed by atoms with E-state index < -0.39 is 12.1 Å². The van der Waals surface area contributed by atoms with Crippen molar-refractivity contribution < 1.29 is 19.4 Å². The van der Waals surface area contributed by atoms with Gasteiger partial charge in [0.1, 0.15) is 0 Å². The number of hydrogen-bond donors (Lipinski definition) is 1. The molecule has 1 aromatic carbocycles. The van der Waals surface area contributed by atoms with E-state index in [0.29, 0.717) is 6.54 Å². The van der Waals surface area contributed by atoms with E-state index in [1.54, 1.807) is 25.1 Å². The summed E-state index contributed by atoms with van der Waals surface area (Å²) in [7, 11) is 0. The summed E-state index contributed by atoms with van der Waals surface area (Å²) in [5.41, 5.74) is 0.189. The highest BCUT2D eigenvalue weighted by Crippen LogP contribution is 2.27. The molecule has 2 atom stereocenters. The summed E-state index contributed by atoms with van der Waals surface area (Å²) in [5, 5.41) is 9.51. The lowest BCUT2D eigenvalue weighted by molar-refractivity contribution is -0.160. The first-order chi connectivity index (χ1) is 9.40. The largest absolute Gasteiger partial charge is 0.479 e. The third-order valence-electron chi connectivity index (χ3n) is 3.00. The standard InChI is InChI=1S/C13H13Cl2NO4/c1-7-5-16(6-10(20-7)13(18)19)12(17)11-8(14)3-2-4-9(11)15/h2-4,7,10H,5-6H2,1H3,(H,18,19)/t7-,10?/m1/s1. The molecule has 2 rings (SSSR count). The van der Waals surface area contributed by atoms with Crippen molar-refractivity contribution in [1.82, 2.24) is 4.90 Å². The van der Waals surface area contributed by atoms with Crippen molar-refractivity contribution in [3.63, 3.8) is 0 Å². The second-order valence-corrected chi connectivity index (χ2v) is 5.39. The molecule has 1 aliphatic heterocycles. The molecule has 1 N–H and O–H groups in total. The Morgan fingerprint density at radius 3 is 2.45 bits per heavy atom. The number of carbonyl (C=O) groups excluding carboxylic acids is 1. The quantitative estimate of drug-likeness (QED) is 0.909. The van der Waals surface area contributed by atoms with E-state index in [9.17, 15) is 9.59 Å². The summed E-state index contributed by atoms with van der Waals surface area (Å²) in [4.78, 5) is 24.9. The number of rotatable bonds is 2. The molecule has 7 heteroatoms. The Morgan fingerprint density at radius 2 is 1.90 bits per heavy atom. The highest BCUT2D eigenvalue weighted by molar-refractivity contribution is 6.39. The molecular weight excluding hydrogens is 305 g/mol. The normalized spacial score (nSPS) is 22.6. The van der Waals surface area contributed by atoms with Gasteiger partial charge in [-0.1, -0.05) is 29.3 Å². The first-order valence-corrected chi connectivity index (χ1v) is 6.77. The lowest BCUT2D eigenvalue weighted by Crippen LogP contribution is -2.51. The van der Waals surface area contributed by atoms with E-state index in [1.165, 1.54) is 4.90 Å². The molecule has 0 radical (unpaired) electrons. The molecular formula is C13H13Cl2NO4. The minimum atomic E-state index is -1.10. The van der Waals surface area contributed by atoms with Crippen LogP contribution in [0, 0.1) is 0 Å². The van der Waals surface area contributed by atoms with Crippen LogP contribution in [0.3, 0.4) is 0 Å². The number of aliphatic carboxylic acids is 1. The van der Waals surface area contributed by atoms with Gasteiger partial charge in [-0.05, 0) is 19.1 Å². The van der Waals surface area contributed by atoms with Crippen LogP contribution in [0.2, 0.25) is 10.0 Å². The fourth-order valence-corrected chi connectivity index (χ4v) is 2.67. The number of amides is 1. The molecule has 20 heavy (non-hydrogen) atoms. The van der Waals surface area contributed by atoms with E-state index in [-0.39, 0.29) is 34.2 Å². The van der Waals surface area contributed by atoms with Crippen LogP contribution in [0.4, 0.5) is 0 Å². The molecule has 1 aromatic rings. The maximum Gasteiger partial charge on any atom is 0.334 e. The molecule has 1 fully saturated rings. The molecule has 1 aliphatic rings. The predicted octanol–water partition coefficient (Wildman–Crippen LogP) is 2.31. The maximum atomic E-state index is 12.5. The number of carbonyl (C=O) groups is 2. The van der Waals surface area contributed by atoms with Crippen LogP contribution in [0.1, 0.15) is 17.3 Å². The fraction of sp³-hybridized carbons (Fsp3) is 0.385. The summed E-state index contributed by atoms with van der Waals surface area (Å²) < 4.78 is 5.27. The Hall–Kier alpha value is -1.30. The monoisotopic (exact) mass is 317 g/mol. The number of morpholine rings is 1. The summed E-state index contributed by atoms with van der Waals surface area (Å²) >= 11 is 12.0. The van der Waals surface area contributed by atoms with Crippen molar-refractivity contribution in [1.29, 1.82) is 0 Å². The number of halogens is 2. The molecule has 1 unspecified atom stereocenters. The highest BCUT2D eigenvalue weighted by Gasteiger charge is 2.34. The van der Waals surface area contributed by atoms with Crippen LogP contribution in [0.25, 0.3) is 0 Å². The van der Waals surface area contributed by atoms with E-state index in [0.717, 1.165) is 0 Å². The van der Waals surface area contributed by atoms with Crippen molar-refractivity contribution in [2.24, 2.45) is 0 Å². The molecule has 0 aromatic heterocycles. The van der Waals surface area contributed by atoms with E-state index >= 15 is 0 Å². The van der Waals surface area contributed by atoms with Gasteiger partial charge in [-0.15, -0.1) is 0 Å². The topological polar surface area (TPSA) is 66.8 Å².